The molecule has 0 bridgehead atoms. The molecular weight excluding hydrogens is 235 g/mol. The summed E-state index contributed by atoms with van der Waals surface area (Å²) in [6.45, 7) is 3.49. The number of aliphatic hydroxyl groups excluding tert-OH is 1. The molecule has 0 aromatic heterocycles. The first kappa shape index (κ1) is 14.9. The van der Waals surface area contributed by atoms with E-state index in [9.17, 15) is 4.39 Å². The van der Waals surface area contributed by atoms with E-state index >= 15 is 0 Å². The number of ether oxygens (including phenoxy) is 1. The molecule has 1 rings (SSSR count). The Labute approximate surface area is 107 Å². The molecular formula is C13H21FN2O2. The minimum atomic E-state index is -0.332. The van der Waals surface area contributed by atoms with E-state index in [4.69, 9.17) is 15.6 Å². The Hall–Kier alpha value is -1.17. The largest absolute Gasteiger partial charge is 0.491 e. The average Bonchev–Trinajstić information content (AvgIpc) is 2.37. The summed E-state index contributed by atoms with van der Waals surface area (Å²) in [5, 5.41) is 11.8. The van der Waals surface area contributed by atoms with Crippen LogP contribution in [0, 0.1) is 5.82 Å². The normalized spacial score (nSPS) is 12.4. The van der Waals surface area contributed by atoms with Crippen molar-refractivity contribution < 1.29 is 14.2 Å². The van der Waals surface area contributed by atoms with E-state index in [1.807, 2.05) is 13.0 Å². The van der Waals surface area contributed by atoms with Gasteiger partial charge in [-0.3, -0.25) is 0 Å². The van der Waals surface area contributed by atoms with Crippen molar-refractivity contribution in [2.75, 3.05) is 26.3 Å². The molecule has 1 aromatic rings. The summed E-state index contributed by atoms with van der Waals surface area (Å²) in [6.07, 6.45) is 0.710. The Kier molecular flexibility index (Phi) is 6.64. The third kappa shape index (κ3) is 5.00. The Morgan fingerprint density at radius 1 is 1.50 bits per heavy atom. The Bertz CT molecular complexity index is 361. The molecule has 18 heavy (non-hydrogen) atoms. The molecule has 0 spiro atoms. The number of nitrogens with two attached hydrogens (primary N) is 1. The monoisotopic (exact) mass is 256 g/mol. The molecule has 0 aliphatic carbocycles. The molecule has 4 N–H and O–H groups in total. The molecule has 0 amide bonds. The number of nitrogens with one attached hydrogen (secondary N) is 1. The van der Waals surface area contributed by atoms with Crippen LogP contribution in [0.1, 0.15) is 12.5 Å². The Balaban J connectivity index is 2.37. The van der Waals surface area contributed by atoms with Gasteiger partial charge < -0.3 is 20.9 Å². The summed E-state index contributed by atoms with van der Waals surface area (Å²) in [5.41, 5.74) is 6.44. The highest BCUT2D eigenvalue weighted by Crippen LogP contribution is 2.18. The van der Waals surface area contributed by atoms with E-state index < -0.39 is 0 Å². The molecule has 4 nitrogen and oxygen atoms in total. The zero-order chi connectivity index (χ0) is 13.4. The standard InChI is InChI=1S/C13H21FN2O2/c1-2-18-13-4-3-10(7-12(13)14)5-6-16-8-11(15)9-17/h3-4,7,11,16-17H,2,5-6,8-9,15H2,1H3. The molecule has 0 saturated carbocycles. The summed E-state index contributed by atoms with van der Waals surface area (Å²) in [7, 11) is 0. The first-order valence-corrected chi connectivity index (χ1v) is 6.15. The van der Waals surface area contributed by atoms with Crippen molar-refractivity contribution >= 4 is 0 Å². The van der Waals surface area contributed by atoms with Gasteiger partial charge in [-0.15, -0.1) is 0 Å². The number of hydrogen-bond acceptors (Lipinski definition) is 4. The van der Waals surface area contributed by atoms with Crippen LogP contribution >= 0.6 is 0 Å². The van der Waals surface area contributed by atoms with Gasteiger partial charge in [-0.25, -0.2) is 4.39 Å². The SMILES string of the molecule is CCOc1ccc(CCNCC(N)CO)cc1F. The maximum absolute atomic E-state index is 13.5. The molecule has 1 aromatic carbocycles. The van der Waals surface area contributed by atoms with E-state index in [0.717, 1.165) is 5.56 Å². The van der Waals surface area contributed by atoms with E-state index in [2.05, 4.69) is 5.32 Å². The van der Waals surface area contributed by atoms with Crippen molar-refractivity contribution in [3.8, 4) is 5.75 Å². The molecule has 0 aliphatic heterocycles. The summed E-state index contributed by atoms with van der Waals surface area (Å²) in [6, 6.07) is 4.73. The summed E-state index contributed by atoms with van der Waals surface area (Å²) in [4.78, 5) is 0. The quantitative estimate of drug-likeness (QED) is 0.598. The third-order valence-electron chi connectivity index (χ3n) is 2.53. The van der Waals surface area contributed by atoms with Crippen molar-refractivity contribution in [1.29, 1.82) is 0 Å². The van der Waals surface area contributed by atoms with E-state index in [1.54, 1.807) is 6.07 Å². The molecule has 0 radical (unpaired) electrons. The van der Waals surface area contributed by atoms with Gasteiger partial charge in [0.2, 0.25) is 0 Å². The van der Waals surface area contributed by atoms with Crippen molar-refractivity contribution in [3.05, 3.63) is 29.6 Å². The van der Waals surface area contributed by atoms with Crippen LogP contribution in [0.15, 0.2) is 18.2 Å². The fourth-order valence-electron chi connectivity index (χ4n) is 1.56. The van der Waals surface area contributed by atoms with Crippen LogP contribution in [0.4, 0.5) is 4.39 Å². The van der Waals surface area contributed by atoms with Crippen molar-refractivity contribution in [1.82, 2.24) is 5.32 Å². The van der Waals surface area contributed by atoms with Gasteiger partial charge in [0.15, 0.2) is 11.6 Å². The van der Waals surface area contributed by atoms with Crippen molar-refractivity contribution in [2.24, 2.45) is 5.73 Å². The van der Waals surface area contributed by atoms with Crippen LogP contribution in [0.25, 0.3) is 0 Å². The first-order chi connectivity index (χ1) is 8.67. The van der Waals surface area contributed by atoms with Gasteiger partial charge in [0.1, 0.15) is 0 Å². The number of hydrogen-bond donors (Lipinski definition) is 3. The lowest BCUT2D eigenvalue weighted by molar-refractivity contribution is 0.262. The molecule has 0 heterocycles. The number of rotatable bonds is 8. The molecule has 0 saturated heterocycles. The fraction of sp³-hybridized carbons (Fsp3) is 0.538. The van der Waals surface area contributed by atoms with Crippen molar-refractivity contribution in [3.63, 3.8) is 0 Å². The zero-order valence-corrected chi connectivity index (χ0v) is 10.7. The predicted octanol–water partition coefficient (Wildman–Crippen LogP) is 0.676. The van der Waals surface area contributed by atoms with Crippen LogP contribution in [0.3, 0.4) is 0 Å². The van der Waals surface area contributed by atoms with Crippen LogP contribution in [0.2, 0.25) is 0 Å². The molecule has 1 atom stereocenters. The summed E-state index contributed by atoms with van der Waals surface area (Å²) < 4.78 is 18.7. The second-order valence-corrected chi connectivity index (χ2v) is 4.09. The first-order valence-electron chi connectivity index (χ1n) is 6.15. The maximum atomic E-state index is 13.5. The topological polar surface area (TPSA) is 67.5 Å². The number of aliphatic hydroxyl groups is 1. The number of halogens is 1. The lowest BCUT2D eigenvalue weighted by Crippen LogP contribution is -2.37. The fourth-order valence-corrected chi connectivity index (χ4v) is 1.56. The zero-order valence-electron chi connectivity index (χ0n) is 10.7. The maximum Gasteiger partial charge on any atom is 0.165 e. The van der Waals surface area contributed by atoms with Gasteiger partial charge >= 0.3 is 0 Å². The number of benzene rings is 1. The van der Waals surface area contributed by atoms with Crippen LogP contribution < -0.4 is 15.8 Å². The highest BCUT2D eigenvalue weighted by Gasteiger charge is 2.04. The Morgan fingerprint density at radius 2 is 2.28 bits per heavy atom. The van der Waals surface area contributed by atoms with Crippen LogP contribution in [-0.4, -0.2) is 37.5 Å². The van der Waals surface area contributed by atoms with Gasteiger partial charge in [0.05, 0.1) is 13.2 Å². The lowest BCUT2D eigenvalue weighted by atomic mass is 10.1. The summed E-state index contributed by atoms with van der Waals surface area (Å²) >= 11 is 0. The van der Waals surface area contributed by atoms with Crippen LogP contribution in [0.5, 0.6) is 5.75 Å². The molecule has 5 heteroatoms. The van der Waals surface area contributed by atoms with Gasteiger partial charge in [-0.1, -0.05) is 6.07 Å². The average molecular weight is 256 g/mol. The van der Waals surface area contributed by atoms with Gasteiger partial charge in [0, 0.05) is 12.6 Å². The highest BCUT2D eigenvalue weighted by atomic mass is 19.1. The Morgan fingerprint density at radius 3 is 2.89 bits per heavy atom. The van der Waals surface area contributed by atoms with Crippen LogP contribution in [-0.2, 0) is 6.42 Å². The molecule has 1 unspecified atom stereocenters. The highest BCUT2D eigenvalue weighted by molar-refractivity contribution is 5.29. The second kappa shape index (κ2) is 8.02. The smallest absolute Gasteiger partial charge is 0.165 e. The lowest BCUT2D eigenvalue weighted by Gasteiger charge is -2.10. The third-order valence-corrected chi connectivity index (χ3v) is 2.53. The van der Waals surface area contributed by atoms with E-state index in [1.165, 1.54) is 6.07 Å². The predicted molar refractivity (Wildman–Crippen MR) is 69.2 cm³/mol. The van der Waals surface area contributed by atoms with E-state index in [-0.39, 0.29) is 24.2 Å². The molecule has 102 valence electrons. The summed E-state index contributed by atoms with van der Waals surface area (Å²) in [5.74, 6) is -0.0436. The van der Waals surface area contributed by atoms with Gasteiger partial charge in [-0.2, -0.15) is 0 Å². The second-order valence-electron chi connectivity index (χ2n) is 4.09. The van der Waals surface area contributed by atoms with Gasteiger partial charge in [-0.05, 0) is 37.6 Å². The molecule has 0 fully saturated rings. The minimum Gasteiger partial charge on any atom is -0.491 e. The van der Waals surface area contributed by atoms with Gasteiger partial charge in [0.25, 0.3) is 0 Å². The van der Waals surface area contributed by atoms with E-state index in [0.29, 0.717) is 26.1 Å². The molecule has 0 aliphatic rings. The van der Waals surface area contributed by atoms with Crippen molar-refractivity contribution in [2.45, 2.75) is 19.4 Å². The minimum absolute atomic E-state index is 0.0370.